The topological polar surface area (TPSA) is 85.8 Å². The monoisotopic (exact) mass is 424 g/mol. The van der Waals surface area contributed by atoms with E-state index >= 15 is 0 Å². The Kier molecular flexibility index (Phi) is 5.20. The molecule has 2 aliphatic heterocycles. The summed E-state index contributed by atoms with van der Waals surface area (Å²) < 4.78 is 16.6. The van der Waals surface area contributed by atoms with Gasteiger partial charge in [0.2, 0.25) is 0 Å². The maximum absolute atomic E-state index is 12.9. The summed E-state index contributed by atoms with van der Waals surface area (Å²) in [5, 5.41) is 5.34. The maximum Gasteiger partial charge on any atom is 0.261 e. The minimum Gasteiger partial charge on any atom is -0.486 e. The fourth-order valence-electron chi connectivity index (χ4n) is 3.43. The molecule has 5 rings (SSSR count). The highest BCUT2D eigenvalue weighted by molar-refractivity contribution is 7.14. The minimum atomic E-state index is -0.229. The molecule has 2 aliphatic rings. The Morgan fingerprint density at radius 2 is 1.90 bits per heavy atom. The number of fused-ring (bicyclic) bond motifs is 1. The van der Waals surface area contributed by atoms with Gasteiger partial charge in [-0.25, -0.2) is 9.97 Å². The number of amides is 1. The fourth-order valence-corrected chi connectivity index (χ4v) is 4.15. The lowest BCUT2D eigenvalue weighted by Crippen LogP contribution is -2.38. The zero-order valence-corrected chi connectivity index (χ0v) is 17.0. The lowest BCUT2D eigenvalue weighted by molar-refractivity contribution is 0.102. The Hall–Kier alpha value is -3.17. The largest absolute Gasteiger partial charge is 0.486 e. The van der Waals surface area contributed by atoms with Crippen LogP contribution in [0.1, 0.15) is 10.4 Å². The first-order valence-corrected chi connectivity index (χ1v) is 10.6. The van der Waals surface area contributed by atoms with Gasteiger partial charge in [-0.3, -0.25) is 10.1 Å². The normalized spacial score (nSPS) is 15.7. The Bertz CT molecular complexity index is 1060. The van der Waals surface area contributed by atoms with Gasteiger partial charge in [0.25, 0.3) is 5.91 Å². The third kappa shape index (κ3) is 3.81. The van der Waals surface area contributed by atoms with Gasteiger partial charge in [-0.05, 0) is 30.3 Å². The van der Waals surface area contributed by atoms with Crippen molar-refractivity contribution in [1.29, 1.82) is 0 Å². The van der Waals surface area contributed by atoms with E-state index in [4.69, 9.17) is 14.2 Å². The highest BCUT2D eigenvalue weighted by Crippen LogP contribution is 2.35. The van der Waals surface area contributed by atoms with Gasteiger partial charge < -0.3 is 19.1 Å². The molecule has 1 saturated heterocycles. The van der Waals surface area contributed by atoms with Crippen molar-refractivity contribution in [3.8, 4) is 22.8 Å². The Balaban J connectivity index is 1.34. The van der Waals surface area contributed by atoms with E-state index < -0.39 is 0 Å². The number of thiazole rings is 1. The third-order valence-corrected chi connectivity index (χ3v) is 5.66. The summed E-state index contributed by atoms with van der Waals surface area (Å²) in [5.41, 5.74) is 2.20. The van der Waals surface area contributed by atoms with Crippen LogP contribution in [-0.4, -0.2) is 55.4 Å². The molecule has 8 nitrogen and oxygen atoms in total. The first-order valence-electron chi connectivity index (χ1n) is 9.72. The summed E-state index contributed by atoms with van der Waals surface area (Å²) in [4.78, 5) is 24.0. The van der Waals surface area contributed by atoms with Crippen molar-refractivity contribution >= 4 is 28.2 Å². The second kappa shape index (κ2) is 8.29. The molecule has 0 aliphatic carbocycles. The molecule has 0 atom stereocenters. The van der Waals surface area contributed by atoms with Crippen LogP contribution in [-0.2, 0) is 4.74 Å². The molecule has 0 saturated carbocycles. The number of carbonyl (C=O) groups is 1. The first-order chi connectivity index (χ1) is 14.8. The van der Waals surface area contributed by atoms with Crippen molar-refractivity contribution in [3.63, 3.8) is 0 Å². The zero-order valence-electron chi connectivity index (χ0n) is 16.2. The van der Waals surface area contributed by atoms with Gasteiger partial charge in [-0.1, -0.05) is 0 Å². The summed E-state index contributed by atoms with van der Waals surface area (Å²) in [7, 11) is 0. The predicted molar refractivity (Wildman–Crippen MR) is 114 cm³/mol. The quantitative estimate of drug-likeness (QED) is 0.689. The van der Waals surface area contributed by atoms with Gasteiger partial charge in [0.05, 0.1) is 24.5 Å². The number of aromatic nitrogens is 2. The Labute approximate surface area is 177 Å². The zero-order chi connectivity index (χ0) is 20.3. The molecule has 4 heterocycles. The number of pyridine rings is 1. The molecule has 2 aromatic heterocycles. The first kappa shape index (κ1) is 18.8. The minimum absolute atomic E-state index is 0.229. The van der Waals surface area contributed by atoms with E-state index in [2.05, 4.69) is 20.2 Å². The molecular formula is C21H20N4O4S. The van der Waals surface area contributed by atoms with E-state index in [0.717, 1.165) is 17.0 Å². The SMILES string of the molecule is O=C(Nc1nc(-c2ccc3c(c2)OCCO3)cs1)c1cccnc1N1CCOCC1. The van der Waals surface area contributed by atoms with E-state index in [1.807, 2.05) is 23.6 Å². The average Bonchev–Trinajstić information content (AvgIpc) is 3.28. The fraction of sp³-hybridized carbons (Fsp3) is 0.286. The van der Waals surface area contributed by atoms with Crippen LogP contribution in [0.25, 0.3) is 11.3 Å². The van der Waals surface area contributed by atoms with Gasteiger partial charge in [0, 0.05) is 30.2 Å². The highest BCUT2D eigenvalue weighted by atomic mass is 32.1. The molecule has 9 heteroatoms. The summed E-state index contributed by atoms with van der Waals surface area (Å²) in [6, 6.07) is 9.27. The van der Waals surface area contributed by atoms with Crippen molar-refractivity contribution < 1.29 is 19.0 Å². The summed E-state index contributed by atoms with van der Waals surface area (Å²) in [6.45, 7) is 3.77. The van der Waals surface area contributed by atoms with Crippen molar-refractivity contribution in [2.45, 2.75) is 0 Å². The standard InChI is InChI=1S/C21H20N4O4S/c26-20(15-2-1-5-22-19(15)25-6-8-27-9-7-25)24-21-23-16(13-30-21)14-3-4-17-18(12-14)29-11-10-28-17/h1-5,12-13H,6-11H2,(H,23,24,26). The molecule has 0 unspecified atom stereocenters. The van der Waals surface area contributed by atoms with Crippen molar-refractivity contribution in [2.75, 3.05) is 49.7 Å². The van der Waals surface area contributed by atoms with Crippen LogP contribution in [0.4, 0.5) is 10.9 Å². The predicted octanol–water partition coefficient (Wildman–Crippen LogP) is 3.07. The lowest BCUT2D eigenvalue weighted by atomic mass is 10.1. The van der Waals surface area contributed by atoms with E-state index in [0.29, 0.717) is 61.8 Å². The van der Waals surface area contributed by atoms with Gasteiger partial charge in [0.1, 0.15) is 19.0 Å². The molecule has 0 bridgehead atoms. The Morgan fingerprint density at radius 1 is 1.07 bits per heavy atom. The van der Waals surface area contributed by atoms with Crippen LogP contribution in [0.15, 0.2) is 41.9 Å². The number of hydrogen-bond donors (Lipinski definition) is 1. The molecule has 1 amide bonds. The second-order valence-corrected chi connectivity index (χ2v) is 7.68. The van der Waals surface area contributed by atoms with Gasteiger partial charge in [-0.15, -0.1) is 11.3 Å². The van der Waals surface area contributed by atoms with E-state index in [-0.39, 0.29) is 5.91 Å². The number of benzene rings is 1. The number of nitrogens with one attached hydrogen (secondary N) is 1. The molecule has 30 heavy (non-hydrogen) atoms. The number of rotatable bonds is 4. The molecule has 0 spiro atoms. The van der Waals surface area contributed by atoms with Crippen LogP contribution in [0, 0.1) is 0 Å². The van der Waals surface area contributed by atoms with Crippen LogP contribution in [0.5, 0.6) is 11.5 Å². The van der Waals surface area contributed by atoms with Crippen LogP contribution in [0.2, 0.25) is 0 Å². The van der Waals surface area contributed by atoms with E-state index in [9.17, 15) is 4.79 Å². The van der Waals surface area contributed by atoms with Crippen LogP contribution in [0.3, 0.4) is 0 Å². The number of anilines is 2. The van der Waals surface area contributed by atoms with E-state index in [1.165, 1.54) is 11.3 Å². The molecule has 154 valence electrons. The summed E-state index contributed by atoms with van der Waals surface area (Å²) in [5.74, 6) is 1.89. The number of morpholine rings is 1. The number of ether oxygens (including phenoxy) is 3. The van der Waals surface area contributed by atoms with Crippen LogP contribution < -0.4 is 19.7 Å². The lowest BCUT2D eigenvalue weighted by Gasteiger charge is -2.29. The highest BCUT2D eigenvalue weighted by Gasteiger charge is 2.21. The molecule has 1 aromatic carbocycles. The number of nitrogens with zero attached hydrogens (tertiary/aromatic N) is 3. The molecule has 1 fully saturated rings. The van der Waals surface area contributed by atoms with Crippen molar-refractivity contribution in [1.82, 2.24) is 9.97 Å². The average molecular weight is 424 g/mol. The third-order valence-electron chi connectivity index (χ3n) is 4.90. The molecular weight excluding hydrogens is 404 g/mol. The van der Waals surface area contributed by atoms with Crippen molar-refractivity contribution in [3.05, 3.63) is 47.5 Å². The van der Waals surface area contributed by atoms with Gasteiger partial charge >= 0.3 is 0 Å². The molecule has 3 aromatic rings. The van der Waals surface area contributed by atoms with E-state index in [1.54, 1.807) is 18.3 Å². The van der Waals surface area contributed by atoms with Crippen molar-refractivity contribution in [2.24, 2.45) is 0 Å². The van der Waals surface area contributed by atoms with Gasteiger partial charge in [0.15, 0.2) is 16.6 Å². The second-order valence-electron chi connectivity index (χ2n) is 6.82. The Morgan fingerprint density at radius 3 is 2.77 bits per heavy atom. The molecule has 1 N–H and O–H groups in total. The smallest absolute Gasteiger partial charge is 0.261 e. The molecule has 0 radical (unpaired) electrons. The van der Waals surface area contributed by atoms with Gasteiger partial charge in [-0.2, -0.15) is 0 Å². The maximum atomic E-state index is 12.9. The summed E-state index contributed by atoms with van der Waals surface area (Å²) >= 11 is 1.38. The summed E-state index contributed by atoms with van der Waals surface area (Å²) in [6.07, 6.45) is 1.70. The number of hydrogen-bond acceptors (Lipinski definition) is 8. The number of carbonyl (C=O) groups excluding carboxylic acids is 1. The van der Waals surface area contributed by atoms with Crippen LogP contribution >= 0.6 is 11.3 Å².